The number of hydrogen-bond acceptors (Lipinski definition) is 12. The Labute approximate surface area is 364 Å². The van der Waals surface area contributed by atoms with Gasteiger partial charge < -0.3 is 18.9 Å². The number of azide groups is 4. The van der Waals surface area contributed by atoms with Gasteiger partial charge in [0.15, 0.2) is 105 Å². The zero-order valence-corrected chi connectivity index (χ0v) is 32.1. The summed E-state index contributed by atoms with van der Waals surface area (Å²) in [6.45, 7) is -2.17. The molecule has 0 bridgehead atoms. The summed E-state index contributed by atoms with van der Waals surface area (Å²) in [7, 11) is 0. The molecule has 0 saturated heterocycles. The molecule has 0 aliphatic rings. The molecule has 36 heteroatoms. The molecule has 0 N–H and O–H groups in total. The maximum Gasteiger partial charge on any atom is 0.344 e. The second-order valence-electron chi connectivity index (χ2n) is 12.2. The number of hydrogen-bond donors (Lipinski definition) is 0. The van der Waals surface area contributed by atoms with E-state index in [0.29, 0.717) is 0 Å². The highest BCUT2D eigenvalue weighted by atomic mass is 19.2. The van der Waals surface area contributed by atoms with Crippen molar-refractivity contribution in [3.05, 3.63) is 157 Å². The number of carbonyl (C=O) groups is 4. The van der Waals surface area contributed by atoms with Crippen LogP contribution in [0.4, 0.5) is 93.0 Å². The maximum absolute atomic E-state index is 15.1. The molecule has 4 aromatic carbocycles. The molecule has 20 nitrogen and oxygen atoms in total. The Morgan fingerprint density at radius 3 is 0.884 bits per heavy atom. The normalized spacial score (nSPS) is 12.0. The van der Waals surface area contributed by atoms with Crippen LogP contribution < -0.4 is 0 Å². The van der Waals surface area contributed by atoms with Crippen molar-refractivity contribution in [3.63, 3.8) is 0 Å². The van der Waals surface area contributed by atoms with E-state index in [2.05, 4.69) is 39.4 Å². The van der Waals surface area contributed by atoms with E-state index in [1.807, 2.05) is 19.6 Å². The summed E-state index contributed by atoms with van der Waals surface area (Å²) < 4.78 is 255. The van der Waals surface area contributed by atoms with Crippen LogP contribution >= 0.6 is 0 Å². The van der Waals surface area contributed by atoms with Crippen LogP contribution in [0.3, 0.4) is 0 Å². The van der Waals surface area contributed by atoms with Crippen molar-refractivity contribution in [3.8, 4) is 0 Å². The molecule has 0 heterocycles. The van der Waals surface area contributed by atoms with Gasteiger partial charge in [0, 0.05) is 19.6 Å². The van der Waals surface area contributed by atoms with Gasteiger partial charge in [0.1, 0.15) is 57.7 Å². The Kier molecular flexibility index (Phi) is 16.0. The average molecular weight is 1000 g/mol. The molecule has 4 aromatic rings. The molecule has 4 rings (SSSR count). The van der Waals surface area contributed by atoms with E-state index in [1.165, 1.54) is 0 Å². The lowest BCUT2D eigenvalue weighted by Crippen LogP contribution is -2.47. The second-order valence-corrected chi connectivity index (χ2v) is 12.2. The van der Waals surface area contributed by atoms with Crippen molar-refractivity contribution >= 4 is 46.6 Å². The summed E-state index contributed by atoms with van der Waals surface area (Å²) in [5, 5.41) is 9.19. The Balaban J connectivity index is 2.01. The molecular weight excluding hydrogens is 996 g/mol. The third-order valence-corrected chi connectivity index (χ3v) is 8.36. The highest BCUT2D eigenvalue weighted by molar-refractivity contribution is 5.93. The number of carbonyl (C=O) groups excluding carboxylic acids is 4. The predicted octanol–water partition coefficient (Wildman–Crippen LogP) is 11.5. The Bertz CT molecular complexity index is 3010. The number of nitrogens with zero attached hydrogens (tertiary/aromatic N) is 12. The smallest absolute Gasteiger partial charge is 0.344 e. The van der Waals surface area contributed by atoms with Crippen LogP contribution in [0, 0.1) is 93.1 Å². The fraction of sp³-hybridized carbons (Fsp3) is 0.152. The molecule has 0 radical (unpaired) electrons. The van der Waals surface area contributed by atoms with Gasteiger partial charge in [-0.15, -0.1) is 0 Å². The summed E-state index contributed by atoms with van der Waals surface area (Å²) in [5.74, 6) is -55.5. The number of esters is 4. The lowest BCUT2D eigenvalue weighted by Gasteiger charge is -2.31. The Morgan fingerprint density at radius 2 is 0.623 bits per heavy atom. The van der Waals surface area contributed by atoms with Gasteiger partial charge in [-0.25, -0.2) is 89.4 Å². The molecule has 0 aromatic heterocycles. The molecule has 0 spiro atoms. The molecule has 360 valence electrons. The minimum Gasteiger partial charge on any atom is -0.458 e. The minimum absolute atomic E-state index is 0.182. The standard InChI is InChI=1S/C33H8F16N12O8/c1-3(67-31(63)6-11(36)19(44)26(55-59-51)20(45)12(6)37)29(69-33(65)8-15(40)23(48)28(57-61-53)24(49)16(8)41)4(68-32(64)7-13(38)21(46)27(56-60-52)22(47)14(7)39)2-66-30(62)5-9(34)17(42)25(54-58-50)18(43)10(5)35/h3-4,29H,2H2,1H3. The number of halogens is 16. The first-order chi connectivity index (χ1) is 32.4. The first kappa shape index (κ1) is 52.5. The first-order valence-corrected chi connectivity index (χ1v) is 16.8. The molecule has 0 aliphatic carbocycles. The average Bonchev–Trinajstić information content (AvgIpc) is 3.30. The Hall–Kier alpha value is -9.12. The highest BCUT2D eigenvalue weighted by Crippen LogP contribution is 2.36. The van der Waals surface area contributed by atoms with E-state index in [-0.39, 0.29) is 6.92 Å². The first-order valence-electron chi connectivity index (χ1n) is 16.8. The summed E-state index contributed by atoms with van der Waals surface area (Å²) in [6.07, 6.45) is -9.98. The van der Waals surface area contributed by atoms with Crippen LogP contribution in [0.25, 0.3) is 41.8 Å². The van der Waals surface area contributed by atoms with Crippen LogP contribution in [0.2, 0.25) is 0 Å². The summed E-state index contributed by atoms with van der Waals surface area (Å²) in [5.41, 5.74) is 15.3. The molecule has 69 heavy (non-hydrogen) atoms. The highest BCUT2D eigenvalue weighted by Gasteiger charge is 2.43. The monoisotopic (exact) mass is 1000 g/mol. The van der Waals surface area contributed by atoms with Gasteiger partial charge in [0.25, 0.3) is 0 Å². The molecule has 3 atom stereocenters. The third kappa shape index (κ3) is 9.74. The quantitative estimate of drug-likeness (QED) is 0.0209. The van der Waals surface area contributed by atoms with Crippen molar-refractivity contribution in [2.45, 2.75) is 25.2 Å². The topological polar surface area (TPSA) is 300 Å². The van der Waals surface area contributed by atoms with Gasteiger partial charge >= 0.3 is 23.9 Å². The Morgan fingerprint density at radius 1 is 0.391 bits per heavy atom. The van der Waals surface area contributed by atoms with E-state index < -0.39 is 187 Å². The number of benzene rings is 4. The fourth-order valence-corrected chi connectivity index (χ4v) is 5.30. The maximum atomic E-state index is 15.1. The van der Waals surface area contributed by atoms with Crippen LogP contribution in [0.1, 0.15) is 48.4 Å². The van der Waals surface area contributed by atoms with Gasteiger partial charge in [-0.05, 0) is 29.0 Å². The van der Waals surface area contributed by atoms with Gasteiger partial charge in [0.05, 0.1) is 0 Å². The van der Waals surface area contributed by atoms with Gasteiger partial charge in [0.2, 0.25) is 0 Å². The number of rotatable bonds is 15. The van der Waals surface area contributed by atoms with Gasteiger partial charge in [-0.2, -0.15) is 0 Å². The van der Waals surface area contributed by atoms with Crippen LogP contribution in [0.5, 0.6) is 0 Å². The van der Waals surface area contributed by atoms with E-state index in [1.54, 1.807) is 0 Å². The molecule has 0 amide bonds. The summed E-state index contributed by atoms with van der Waals surface area (Å²) in [4.78, 5) is 60.1. The summed E-state index contributed by atoms with van der Waals surface area (Å²) in [6, 6.07) is 0. The van der Waals surface area contributed by atoms with Crippen molar-refractivity contribution in [1.82, 2.24) is 0 Å². The van der Waals surface area contributed by atoms with Gasteiger partial charge in [-0.3, -0.25) is 0 Å². The third-order valence-electron chi connectivity index (χ3n) is 8.36. The zero-order valence-electron chi connectivity index (χ0n) is 32.1. The zero-order chi connectivity index (χ0) is 52.1. The molecule has 0 fully saturated rings. The van der Waals surface area contributed by atoms with Crippen molar-refractivity contribution in [2.24, 2.45) is 20.5 Å². The second kappa shape index (κ2) is 21.0. The lowest BCUT2D eigenvalue weighted by atomic mass is 10.1. The lowest BCUT2D eigenvalue weighted by molar-refractivity contribution is -0.0977. The molecule has 0 saturated carbocycles. The fourth-order valence-electron chi connectivity index (χ4n) is 5.30. The van der Waals surface area contributed by atoms with Crippen LogP contribution in [0.15, 0.2) is 20.5 Å². The SMILES string of the molecule is CC(OC(=O)c1c(F)c(F)c(N=[N+]=[N-])c(F)c1F)C(OC(=O)c1c(F)c(F)c(N=[N+]=[N-])c(F)c1F)C(COC(=O)c1c(F)c(F)c(N=[N+]=[N-])c(F)c1F)OC(=O)c1c(F)c(F)c(N=[N+]=[N-])c(F)c1F. The largest absolute Gasteiger partial charge is 0.458 e. The van der Waals surface area contributed by atoms with E-state index in [4.69, 9.17) is 22.1 Å². The molecule has 3 unspecified atom stereocenters. The van der Waals surface area contributed by atoms with Crippen molar-refractivity contribution < 1.29 is 108 Å². The number of ether oxygens (including phenoxy) is 4. The molecule has 0 aliphatic heterocycles. The van der Waals surface area contributed by atoms with Crippen molar-refractivity contribution in [2.75, 3.05) is 6.61 Å². The van der Waals surface area contributed by atoms with E-state index in [9.17, 15) is 71.9 Å². The van der Waals surface area contributed by atoms with Gasteiger partial charge in [-0.1, -0.05) is 20.5 Å². The summed E-state index contributed by atoms with van der Waals surface area (Å²) >= 11 is 0. The predicted molar refractivity (Wildman–Crippen MR) is 184 cm³/mol. The van der Waals surface area contributed by atoms with Crippen molar-refractivity contribution in [1.29, 1.82) is 0 Å². The van der Waals surface area contributed by atoms with E-state index >= 15 is 17.6 Å². The van der Waals surface area contributed by atoms with E-state index in [0.717, 1.165) is 0 Å². The molecular formula is C33H8F16N12O8. The minimum atomic E-state index is -3.47. The van der Waals surface area contributed by atoms with Crippen LogP contribution in [-0.4, -0.2) is 48.8 Å². The van der Waals surface area contributed by atoms with Crippen LogP contribution in [-0.2, 0) is 18.9 Å².